The molecule has 1 aliphatic rings. The second kappa shape index (κ2) is 8.49. The fourth-order valence-corrected chi connectivity index (χ4v) is 3.05. The number of imide groups is 1. The number of hydrogen-bond acceptors (Lipinski definition) is 5. The molecule has 122 valence electrons. The third kappa shape index (κ3) is 5.07. The van der Waals surface area contributed by atoms with Crippen LogP contribution in [0, 0.1) is 3.57 Å². The van der Waals surface area contributed by atoms with E-state index in [4.69, 9.17) is 4.74 Å². The number of halogens is 1. The number of rotatable bonds is 6. The molecule has 0 radical (unpaired) electrons. The molecular formula is C16H16INO4S. The van der Waals surface area contributed by atoms with E-state index in [-0.39, 0.29) is 6.54 Å². The molecule has 1 saturated heterocycles. The van der Waals surface area contributed by atoms with Crippen molar-refractivity contribution in [2.24, 2.45) is 0 Å². The molecule has 0 aliphatic carbocycles. The van der Waals surface area contributed by atoms with Crippen molar-refractivity contribution >= 4 is 57.5 Å². The van der Waals surface area contributed by atoms with E-state index in [0.717, 1.165) is 38.6 Å². The molecular weight excluding hydrogens is 429 g/mol. The van der Waals surface area contributed by atoms with Crippen LogP contribution < -0.4 is 0 Å². The predicted molar refractivity (Wildman–Crippen MR) is 97.7 cm³/mol. The smallest absolute Gasteiger partial charge is 0.326 e. The van der Waals surface area contributed by atoms with E-state index < -0.39 is 17.1 Å². The second-order valence-corrected chi connectivity index (χ2v) is 7.13. The molecule has 1 aromatic carbocycles. The third-order valence-electron chi connectivity index (χ3n) is 3.09. The normalized spacial score (nSPS) is 16.3. The van der Waals surface area contributed by atoms with Gasteiger partial charge in [-0.3, -0.25) is 19.3 Å². The van der Waals surface area contributed by atoms with E-state index >= 15 is 0 Å². The maximum Gasteiger partial charge on any atom is 0.326 e. The van der Waals surface area contributed by atoms with E-state index in [1.807, 2.05) is 31.2 Å². The number of esters is 1. The zero-order chi connectivity index (χ0) is 16.8. The van der Waals surface area contributed by atoms with Gasteiger partial charge in [-0.1, -0.05) is 25.5 Å². The number of unbranched alkanes of at least 4 members (excludes halogenated alkanes) is 1. The Hall–Kier alpha value is -1.35. The first-order chi connectivity index (χ1) is 11.0. The van der Waals surface area contributed by atoms with Crippen LogP contribution in [0.15, 0.2) is 29.2 Å². The number of hydrogen-bond donors (Lipinski definition) is 0. The quantitative estimate of drug-likeness (QED) is 0.290. The van der Waals surface area contributed by atoms with Crippen LogP contribution in [0.2, 0.25) is 0 Å². The lowest BCUT2D eigenvalue weighted by atomic mass is 10.2. The summed E-state index contributed by atoms with van der Waals surface area (Å²) in [4.78, 5) is 37.1. The maximum atomic E-state index is 12.3. The largest absolute Gasteiger partial charge is 0.464 e. The summed E-state index contributed by atoms with van der Waals surface area (Å²) >= 11 is 3.03. The second-order valence-electron chi connectivity index (χ2n) is 4.89. The lowest BCUT2D eigenvalue weighted by Crippen LogP contribution is -2.34. The molecule has 1 aromatic rings. The summed E-state index contributed by atoms with van der Waals surface area (Å²) in [5.41, 5.74) is 0.835. The first-order valence-electron chi connectivity index (χ1n) is 7.18. The molecule has 7 heteroatoms. The Morgan fingerprint density at radius 3 is 2.65 bits per heavy atom. The van der Waals surface area contributed by atoms with Gasteiger partial charge in [0.1, 0.15) is 6.54 Å². The van der Waals surface area contributed by atoms with Crippen molar-refractivity contribution in [2.75, 3.05) is 13.2 Å². The zero-order valence-electron chi connectivity index (χ0n) is 12.6. The SMILES string of the molecule is CCCCOC(=O)CN1C(=O)S/C(=C\c2ccc(I)cc2)C1=O. The zero-order valence-corrected chi connectivity index (χ0v) is 15.6. The standard InChI is InChI=1S/C16H16INO4S/c1-2-3-8-22-14(19)10-18-15(20)13(23-16(18)21)9-11-4-6-12(17)7-5-11/h4-7,9H,2-3,8,10H2,1H3/b13-9-. The van der Waals surface area contributed by atoms with Gasteiger partial charge in [0.2, 0.25) is 0 Å². The van der Waals surface area contributed by atoms with Crippen molar-refractivity contribution in [1.82, 2.24) is 4.90 Å². The van der Waals surface area contributed by atoms with Gasteiger partial charge in [-0.2, -0.15) is 0 Å². The van der Waals surface area contributed by atoms with E-state index in [1.54, 1.807) is 6.08 Å². The number of nitrogens with zero attached hydrogens (tertiary/aromatic N) is 1. The molecule has 2 amide bonds. The topological polar surface area (TPSA) is 63.7 Å². The van der Waals surface area contributed by atoms with Crippen LogP contribution in [-0.2, 0) is 14.3 Å². The van der Waals surface area contributed by atoms with Gasteiger partial charge in [0.25, 0.3) is 11.1 Å². The first kappa shape index (κ1) is 18.0. The summed E-state index contributed by atoms with van der Waals surface area (Å²) in [5, 5.41) is -0.445. The summed E-state index contributed by atoms with van der Waals surface area (Å²) in [6.45, 7) is 1.96. The van der Waals surface area contributed by atoms with Crippen LogP contribution in [0.25, 0.3) is 6.08 Å². The van der Waals surface area contributed by atoms with Crippen LogP contribution in [0.5, 0.6) is 0 Å². The lowest BCUT2D eigenvalue weighted by Gasteiger charge is -2.11. The Balaban J connectivity index is 2.02. The highest BCUT2D eigenvalue weighted by molar-refractivity contribution is 14.1. The van der Waals surface area contributed by atoms with Crippen LogP contribution in [0.1, 0.15) is 25.3 Å². The van der Waals surface area contributed by atoms with Crippen molar-refractivity contribution in [1.29, 1.82) is 0 Å². The minimum Gasteiger partial charge on any atom is -0.464 e. The highest BCUT2D eigenvalue weighted by Crippen LogP contribution is 2.32. The summed E-state index contributed by atoms with van der Waals surface area (Å²) in [6.07, 6.45) is 3.33. The lowest BCUT2D eigenvalue weighted by molar-refractivity contribution is -0.146. The van der Waals surface area contributed by atoms with E-state index in [0.29, 0.717) is 11.5 Å². The fourth-order valence-electron chi connectivity index (χ4n) is 1.85. The Morgan fingerprint density at radius 2 is 2.00 bits per heavy atom. The van der Waals surface area contributed by atoms with Gasteiger partial charge in [0, 0.05) is 3.57 Å². The Labute approximate surface area is 152 Å². The molecule has 1 heterocycles. The highest BCUT2D eigenvalue weighted by atomic mass is 127. The van der Waals surface area contributed by atoms with Gasteiger partial charge < -0.3 is 4.74 Å². The molecule has 0 saturated carbocycles. The van der Waals surface area contributed by atoms with Crippen molar-refractivity contribution in [3.8, 4) is 0 Å². The summed E-state index contributed by atoms with van der Waals surface area (Å²) in [5.74, 6) is -1.01. The van der Waals surface area contributed by atoms with E-state index in [2.05, 4.69) is 22.6 Å². The summed E-state index contributed by atoms with van der Waals surface area (Å²) in [6, 6.07) is 7.58. The molecule has 0 N–H and O–H groups in total. The number of carbonyl (C=O) groups is 3. The molecule has 1 fully saturated rings. The van der Waals surface area contributed by atoms with Gasteiger partial charge in [0.15, 0.2) is 0 Å². The molecule has 23 heavy (non-hydrogen) atoms. The van der Waals surface area contributed by atoms with Gasteiger partial charge in [-0.05, 0) is 64.5 Å². The average molecular weight is 445 g/mol. The minimum atomic E-state index is -0.559. The summed E-state index contributed by atoms with van der Waals surface area (Å²) in [7, 11) is 0. The van der Waals surface area contributed by atoms with Crippen LogP contribution in [-0.4, -0.2) is 35.2 Å². The number of carbonyl (C=O) groups excluding carboxylic acids is 3. The fraction of sp³-hybridized carbons (Fsp3) is 0.312. The number of thioether (sulfide) groups is 1. The van der Waals surface area contributed by atoms with Crippen LogP contribution >= 0.6 is 34.4 Å². The summed E-state index contributed by atoms with van der Waals surface area (Å²) < 4.78 is 6.08. The molecule has 1 aliphatic heterocycles. The molecule has 0 bridgehead atoms. The van der Waals surface area contributed by atoms with E-state index in [9.17, 15) is 14.4 Å². The van der Waals surface area contributed by atoms with Crippen molar-refractivity contribution < 1.29 is 19.1 Å². The average Bonchev–Trinajstić information content (AvgIpc) is 2.77. The van der Waals surface area contributed by atoms with Gasteiger partial charge in [-0.15, -0.1) is 0 Å². The highest BCUT2D eigenvalue weighted by Gasteiger charge is 2.36. The molecule has 2 rings (SSSR count). The first-order valence-corrected chi connectivity index (χ1v) is 9.07. The monoisotopic (exact) mass is 445 g/mol. The molecule has 0 aromatic heterocycles. The number of benzene rings is 1. The molecule has 0 spiro atoms. The van der Waals surface area contributed by atoms with Crippen molar-refractivity contribution in [3.05, 3.63) is 38.3 Å². The van der Waals surface area contributed by atoms with Crippen molar-refractivity contribution in [2.45, 2.75) is 19.8 Å². The molecule has 0 atom stereocenters. The van der Waals surface area contributed by atoms with Gasteiger partial charge >= 0.3 is 5.97 Å². The Bertz CT molecular complexity index is 642. The van der Waals surface area contributed by atoms with E-state index in [1.165, 1.54) is 0 Å². The number of ether oxygens (including phenoxy) is 1. The van der Waals surface area contributed by atoms with Gasteiger partial charge in [-0.25, -0.2) is 0 Å². The Morgan fingerprint density at radius 1 is 1.30 bits per heavy atom. The van der Waals surface area contributed by atoms with Crippen molar-refractivity contribution in [3.63, 3.8) is 0 Å². The van der Waals surface area contributed by atoms with Gasteiger partial charge in [0.05, 0.1) is 11.5 Å². The minimum absolute atomic E-state index is 0.310. The maximum absolute atomic E-state index is 12.3. The predicted octanol–water partition coefficient (Wildman–Crippen LogP) is 3.67. The third-order valence-corrected chi connectivity index (χ3v) is 4.72. The van der Waals surface area contributed by atoms with Crippen LogP contribution in [0.4, 0.5) is 4.79 Å². The molecule has 0 unspecified atom stereocenters. The van der Waals surface area contributed by atoms with Crippen LogP contribution in [0.3, 0.4) is 0 Å². The number of amides is 2. The molecule has 5 nitrogen and oxygen atoms in total. The Kier molecular flexibility index (Phi) is 6.64.